The van der Waals surface area contributed by atoms with E-state index >= 15 is 0 Å². The maximum atomic E-state index is 6.02. The first-order chi connectivity index (χ1) is 8.38. The molecule has 18 heavy (non-hydrogen) atoms. The molecular weight excluding hydrogens is 328 g/mol. The van der Waals surface area contributed by atoms with Gasteiger partial charge < -0.3 is 0 Å². The van der Waals surface area contributed by atoms with Crippen LogP contribution in [0.25, 0.3) is 0 Å². The minimum atomic E-state index is -1.36. The zero-order valence-electron chi connectivity index (χ0n) is 13.8. The summed E-state index contributed by atoms with van der Waals surface area (Å²) in [7, 11) is 6.27. The van der Waals surface area contributed by atoms with Crippen LogP contribution in [-0.4, -0.2) is 58.8 Å². The summed E-state index contributed by atoms with van der Waals surface area (Å²) in [5, 5.41) is 0. The number of nitrogens with zero attached hydrogens (tertiary/aromatic N) is 1. The van der Waals surface area contributed by atoms with Crippen molar-refractivity contribution in [1.29, 1.82) is 0 Å². The number of hydrogen-bond acceptors (Lipinski definition) is 2. The number of allylic oxidation sites excluding steroid dienone is 1. The summed E-state index contributed by atoms with van der Waals surface area (Å²) < 4.78 is 7.79. The average molecular weight is 360 g/mol. The summed E-state index contributed by atoms with van der Waals surface area (Å²) in [5.41, 5.74) is 1.66. The molecule has 0 saturated carbocycles. The first-order valence-electron chi connectivity index (χ1n) is 7.29. The van der Waals surface area contributed by atoms with Gasteiger partial charge >= 0.3 is 122 Å². The molecule has 0 heterocycles. The van der Waals surface area contributed by atoms with E-state index in [1.807, 2.05) is 7.11 Å². The fourth-order valence-electron chi connectivity index (χ4n) is 3.06. The Bertz CT molecular complexity index is 265. The van der Waals surface area contributed by atoms with Crippen molar-refractivity contribution in [3.05, 3.63) is 9.06 Å². The van der Waals surface area contributed by atoms with Crippen LogP contribution in [0.5, 0.6) is 0 Å². The van der Waals surface area contributed by atoms with Crippen LogP contribution in [0.2, 0.25) is 22.5 Å². The number of rotatable bonds is 8. The monoisotopic (exact) mass is 361 g/mol. The van der Waals surface area contributed by atoms with Gasteiger partial charge in [-0.15, -0.1) is 0 Å². The second-order valence-corrected chi connectivity index (χ2v) is 13.2. The Labute approximate surface area is 122 Å². The molecule has 0 aliphatic heterocycles. The molecule has 4 heteroatoms. The molecular formula is C14H32BNOSn-. The molecule has 0 N–H and O–H groups in total. The van der Waals surface area contributed by atoms with Crippen LogP contribution in [0.3, 0.4) is 0 Å². The van der Waals surface area contributed by atoms with Crippen molar-refractivity contribution in [2.45, 2.75) is 49.7 Å². The van der Waals surface area contributed by atoms with E-state index in [0.717, 1.165) is 25.6 Å². The van der Waals surface area contributed by atoms with Gasteiger partial charge in [0.05, 0.1) is 0 Å². The van der Waals surface area contributed by atoms with Crippen molar-refractivity contribution in [1.82, 2.24) is 4.90 Å². The van der Waals surface area contributed by atoms with E-state index in [1.54, 1.807) is 9.06 Å². The summed E-state index contributed by atoms with van der Waals surface area (Å²) in [6.07, 6.45) is 2.70. The number of likely N-dealkylation sites (N-methyl/N-ethyl adjacent to an activating group) is 1. The number of hydrogen-bond donors (Lipinski definition) is 0. The van der Waals surface area contributed by atoms with Gasteiger partial charge in [0.25, 0.3) is 0 Å². The molecule has 0 saturated heterocycles. The van der Waals surface area contributed by atoms with Gasteiger partial charge in [-0.1, -0.05) is 0 Å². The van der Waals surface area contributed by atoms with Crippen LogP contribution < -0.4 is 0 Å². The molecule has 0 rings (SSSR count). The summed E-state index contributed by atoms with van der Waals surface area (Å²) in [5.74, 6) is 0. The van der Waals surface area contributed by atoms with Gasteiger partial charge in [-0.3, -0.25) is 0 Å². The second-order valence-electron chi connectivity index (χ2n) is 5.80. The van der Waals surface area contributed by atoms with Crippen LogP contribution >= 0.6 is 0 Å². The third kappa shape index (κ3) is 4.57. The Morgan fingerprint density at radius 3 is 1.83 bits per heavy atom. The Kier molecular flexibility index (Phi) is 8.90. The first kappa shape index (κ1) is 18.5. The van der Waals surface area contributed by atoms with Crippen LogP contribution in [0.1, 0.15) is 27.2 Å². The van der Waals surface area contributed by atoms with E-state index < -0.39 is 26.1 Å². The fraction of sp³-hybridized carbons (Fsp3) is 0.857. The van der Waals surface area contributed by atoms with Crippen molar-refractivity contribution < 1.29 is 4.65 Å². The van der Waals surface area contributed by atoms with Crippen molar-refractivity contribution in [2.24, 2.45) is 0 Å². The summed E-state index contributed by atoms with van der Waals surface area (Å²) in [6.45, 7) is 8.00. The minimum absolute atomic E-state index is 0.746. The Balaban J connectivity index is 5.66. The van der Waals surface area contributed by atoms with Gasteiger partial charge in [-0.2, -0.15) is 0 Å². The molecule has 0 aromatic carbocycles. The third-order valence-corrected chi connectivity index (χ3v) is 9.06. The van der Waals surface area contributed by atoms with E-state index in [0.29, 0.717) is 0 Å². The van der Waals surface area contributed by atoms with E-state index in [-0.39, 0.29) is 0 Å². The van der Waals surface area contributed by atoms with Gasteiger partial charge in [0.15, 0.2) is 0 Å². The van der Waals surface area contributed by atoms with Gasteiger partial charge in [-0.05, 0) is 0 Å². The third-order valence-electron chi connectivity index (χ3n) is 4.25. The maximum absolute atomic E-state index is 6.02. The van der Waals surface area contributed by atoms with Gasteiger partial charge in [0.1, 0.15) is 0 Å². The van der Waals surface area contributed by atoms with E-state index in [4.69, 9.17) is 4.65 Å². The predicted octanol–water partition coefficient (Wildman–Crippen LogP) is 3.72. The van der Waals surface area contributed by atoms with Crippen molar-refractivity contribution >= 4 is 26.1 Å². The van der Waals surface area contributed by atoms with Crippen molar-refractivity contribution in [3.63, 3.8) is 0 Å². The molecule has 0 aromatic heterocycles. The van der Waals surface area contributed by atoms with E-state index in [9.17, 15) is 0 Å². The van der Waals surface area contributed by atoms with Crippen LogP contribution in [-0.2, 0) is 4.65 Å². The molecule has 0 fully saturated rings. The molecule has 0 aliphatic rings. The van der Waals surface area contributed by atoms with Gasteiger partial charge in [-0.25, -0.2) is 0 Å². The normalized spacial score (nSPS) is 14.3. The molecule has 0 spiro atoms. The summed E-state index contributed by atoms with van der Waals surface area (Å²) in [6, 6.07) is 0. The average Bonchev–Trinajstić information content (AvgIpc) is 2.33. The van der Waals surface area contributed by atoms with Crippen molar-refractivity contribution in [3.8, 4) is 0 Å². The molecule has 1 radical (unpaired) electrons. The van der Waals surface area contributed by atoms with E-state index in [1.165, 1.54) is 0 Å². The van der Waals surface area contributed by atoms with Crippen LogP contribution in [0.4, 0.5) is 0 Å². The van der Waals surface area contributed by atoms with E-state index in [2.05, 4.69) is 49.6 Å². The summed E-state index contributed by atoms with van der Waals surface area (Å²) >= 11 is -1.36. The van der Waals surface area contributed by atoms with Crippen LogP contribution in [0, 0.1) is 0 Å². The Morgan fingerprint density at radius 1 is 1.11 bits per heavy atom. The first-order valence-corrected chi connectivity index (χ1v) is 14.4. The molecule has 2 nitrogen and oxygen atoms in total. The molecule has 0 bridgehead atoms. The molecule has 107 valence electrons. The Hall–Kier alpha value is 0.524. The topological polar surface area (TPSA) is 12.5 Å². The molecule has 0 amide bonds. The van der Waals surface area contributed by atoms with Gasteiger partial charge in [0, 0.05) is 0 Å². The molecule has 0 aliphatic carbocycles. The van der Waals surface area contributed by atoms with Crippen LogP contribution in [0.15, 0.2) is 9.06 Å². The SMILES string of the molecule is CC/C(=[C](\CN(C)C)[Sn]([CH3])[CH3])[B-](CC)(CC)OC. The molecule has 0 aromatic rings. The zero-order chi connectivity index (χ0) is 14.3. The zero-order valence-corrected chi connectivity index (χ0v) is 16.6. The van der Waals surface area contributed by atoms with Crippen molar-refractivity contribution in [2.75, 3.05) is 27.7 Å². The standard InChI is InChI=1S/C12H26BNO.2CH3.Sn/c1-7-12(10-11-14(4)5)13(8-2,9-3)15-6;;;/h7-9,11H2,1-6H3;2*1H3;/q-1;;;. The molecule has 0 unspecified atom stereocenters. The molecule has 0 atom stereocenters. The predicted molar refractivity (Wildman–Crippen MR) is 87.1 cm³/mol. The van der Waals surface area contributed by atoms with Gasteiger partial charge in [0.2, 0.25) is 0 Å². The Morgan fingerprint density at radius 2 is 1.61 bits per heavy atom. The fourth-order valence-corrected chi connectivity index (χ4v) is 7.95. The second kappa shape index (κ2) is 8.65. The summed E-state index contributed by atoms with van der Waals surface area (Å²) in [4.78, 5) is 7.32. The quantitative estimate of drug-likeness (QED) is 0.612.